The molecule has 0 rings (SSSR count). The van der Waals surface area contributed by atoms with E-state index in [1.807, 2.05) is 0 Å². The molecule has 1 amide bonds. The normalized spacial score (nSPS) is 11.3. The fourth-order valence-electron chi connectivity index (χ4n) is 3.19. The van der Waals surface area contributed by atoms with E-state index in [1.165, 1.54) is 32.1 Å². The first-order valence-corrected chi connectivity index (χ1v) is 13.7. The Labute approximate surface area is 219 Å². The number of carbonyl (C=O) groups excluding carboxylic acids is 1. The topological polar surface area (TPSA) is 120 Å². The van der Waals surface area contributed by atoms with E-state index in [2.05, 4.69) is 5.32 Å². The molecule has 0 aliphatic heterocycles. The lowest BCUT2D eigenvalue weighted by atomic mass is 10.1. The minimum Gasteiger partial charge on any atom is -0.382 e. The van der Waals surface area contributed by atoms with Gasteiger partial charge in [-0.3, -0.25) is 4.79 Å². The number of ether oxygens (including phenoxy) is 7. The van der Waals surface area contributed by atoms with Crippen molar-refractivity contribution in [2.45, 2.75) is 57.8 Å². The minimum atomic E-state index is 0.106. The third-order valence-electron chi connectivity index (χ3n) is 5.22. The fraction of sp³-hybridized carbons (Fsp3) is 0.962. The van der Waals surface area contributed by atoms with Crippen LogP contribution in [0.25, 0.3) is 0 Å². The highest BCUT2D eigenvalue weighted by Gasteiger charge is 2.01. The number of carbonyl (C=O) groups is 1. The second-order valence-electron chi connectivity index (χ2n) is 8.38. The molecule has 0 spiro atoms. The summed E-state index contributed by atoms with van der Waals surface area (Å²) in [4.78, 5) is 11.8. The average molecular weight is 523 g/mol. The van der Waals surface area contributed by atoms with Gasteiger partial charge in [-0.05, 0) is 19.4 Å². The van der Waals surface area contributed by atoms with E-state index in [0.29, 0.717) is 98.9 Å². The van der Waals surface area contributed by atoms with Crippen molar-refractivity contribution in [2.24, 2.45) is 5.73 Å². The van der Waals surface area contributed by atoms with Crippen molar-refractivity contribution in [2.75, 3.05) is 106 Å². The highest BCUT2D eigenvalue weighted by atomic mass is 16.6. The molecule has 0 aliphatic carbocycles. The van der Waals surface area contributed by atoms with Gasteiger partial charge in [-0.2, -0.15) is 0 Å². The number of methoxy groups -OCH3 is 1. The molecule has 0 saturated heterocycles. The predicted molar refractivity (Wildman–Crippen MR) is 140 cm³/mol. The second kappa shape index (κ2) is 32.2. The van der Waals surface area contributed by atoms with Crippen LogP contribution in [0.4, 0.5) is 0 Å². The number of hydrogen-bond acceptors (Lipinski definition) is 9. The van der Waals surface area contributed by atoms with Gasteiger partial charge in [0.2, 0.25) is 5.91 Å². The maximum atomic E-state index is 11.8. The number of nitrogens with two attached hydrogens (primary N) is 1. The highest BCUT2D eigenvalue weighted by molar-refractivity contribution is 5.75. The van der Waals surface area contributed by atoms with Gasteiger partial charge in [-0.1, -0.05) is 38.5 Å². The van der Waals surface area contributed by atoms with E-state index in [4.69, 9.17) is 38.9 Å². The van der Waals surface area contributed by atoms with E-state index in [1.54, 1.807) is 7.11 Å². The summed E-state index contributed by atoms with van der Waals surface area (Å²) in [7, 11) is 1.65. The van der Waals surface area contributed by atoms with Crippen LogP contribution in [0, 0.1) is 0 Å². The Morgan fingerprint density at radius 2 is 0.889 bits per heavy atom. The molecule has 10 heteroatoms. The number of amides is 1. The summed E-state index contributed by atoms with van der Waals surface area (Å²) in [6.07, 6.45) is 10.1. The van der Waals surface area contributed by atoms with Crippen LogP contribution in [0.15, 0.2) is 0 Å². The zero-order valence-electron chi connectivity index (χ0n) is 22.8. The minimum absolute atomic E-state index is 0.106. The summed E-state index contributed by atoms with van der Waals surface area (Å²) < 4.78 is 37.4. The first-order chi connectivity index (χ1) is 17.8. The number of hydrogen-bond donors (Lipinski definition) is 2. The van der Waals surface area contributed by atoms with Gasteiger partial charge in [0.25, 0.3) is 0 Å². The predicted octanol–water partition coefficient (Wildman–Crippen LogP) is 2.32. The van der Waals surface area contributed by atoms with Gasteiger partial charge in [0.1, 0.15) is 0 Å². The molecule has 0 fully saturated rings. The number of rotatable bonds is 31. The summed E-state index contributed by atoms with van der Waals surface area (Å²) in [5.74, 6) is 0.106. The summed E-state index contributed by atoms with van der Waals surface area (Å²) >= 11 is 0. The van der Waals surface area contributed by atoms with Gasteiger partial charge in [0, 0.05) is 20.1 Å². The average Bonchev–Trinajstić information content (AvgIpc) is 2.88. The van der Waals surface area contributed by atoms with Gasteiger partial charge in [0.15, 0.2) is 0 Å². The molecule has 0 aromatic heterocycles. The molecular formula is C26H54N2O8. The molecule has 10 nitrogen and oxygen atoms in total. The Balaban J connectivity index is 3.11. The third-order valence-corrected chi connectivity index (χ3v) is 5.22. The van der Waals surface area contributed by atoms with Crippen LogP contribution < -0.4 is 11.1 Å². The van der Waals surface area contributed by atoms with Crippen LogP contribution in [-0.2, 0) is 38.0 Å². The number of nitrogens with one attached hydrogen (secondary N) is 1. The van der Waals surface area contributed by atoms with Gasteiger partial charge >= 0.3 is 0 Å². The van der Waals surface area contributed by atoms with E-state index in [-0.39, 0.29) is 5.91 Å². The van der Waals surface area contributed by atoms with Crippen molar-refractivity contribution in [1.82, 2.24) is 5.32 Å². The maximum Gasteiger partial charge on any atom is 0.220 e. The zero-order valence-corrected chi connectivity index (χ0v) is 22.8. The summed E-state index contributed by atoms with van der Waals surface area (Å²) in [5, 5.41) is 2.90. The summed E-state index contributed by atoms with van der Waals surface area (Å²) in [6, 6.07) is 0. The van der Waals surface area contributed by atoms with Gasteiger partial charge in [-0.25, -0.2) is 0 Å². The second-order valence-corrected chi connectivity index (χ2v) is 8.38. The Morgan fingerprint density at radius 1 is 0.528 bits per heavy atom. The lowest BCUT2D eigenvalue weighted by Gasteiger charge is -2.08. The smallest absolute Gasteiger partial charge is 0.220 e. The van der Waals surface area contributed by atoms with Crippen LogP contribution in [-0.4, -0.2) is 112 Å². The molecule has 0 aromatic rings. The van der Waals surface area contributed by atoms with Gasteiger partial charge in [0.05, 0.1) is 85.9 Å². The van der Waals surface area contributed by atoms with E-state index in [0.717, 1.165) is 25.8 Å². The van der Waals surface area contributed by atoms with Crippen molar-refractivity contribution in [3.05, 3.63) is 0 Å². The Bertz CT molecular complexity index is 433. The summed E-state index contributed by atoms with van der Waals surface area (Å²) in [6.45, 7) is 8.29. The van der Waals surface area contributed by atoms with E-state index in [9.17, 15) is 4.79 Å². The lowest BCUT2D eigenvalue weighted by Crippen LogP contribution is -2.27. The molecule has 0 radical (unpaired) electrons. The number of unbranched alkanes of at least 4 members (excludes halogenated alkanes) is 7. The fourth-order valence-corrected chi connectivity index (χ4v) is 3.19. The summed E-state index contributed by atoms with van der Waals surface area (Å²) in [5.41, 5.74) is 5.49. The molecule has 0 aromatic carbocycles. The van der Waals surface area contributed by atoms with Gasteiger partial charge < -0.3 is 44.2 Å². The maximum absolute atomic E-state index is 11.8. The van der Waals surface area contributed by atoms with Crippen LogP contribution in [0.5, 0.6) is 0 Å². The van der Waals surface area contributed by atoms with E-state index >= 15 is 0 Å². The van der Waals surface area contributed by atoms with Crippen molar-refractivity contribution < 1.29 is 38.0 Å². The standard InChI is InChI=1S/C26H54N2O8/c1-30-14-15-32-18-19-34-22-23-36-25-24-35-21-20-33-17-16-31-13-12-28-26(29)10-8-6-4-2-3-5-7-9-11-27/h2-25,27H2,1H3,(H,28,29). The SMILES string of the molecule is COCCOCCOCCOCCOCCOCCOCCNC(=O)CCCCCCCCCCN. The van der Waals surface area contributed by atoms with Crippen molar-refractivity contribution >= 4 is 5.91 Å². The quantitative estimate of drug-likeness (QED) is 0.132. The Kier molecular flexibility index (Phi) is 31.4. The molecular weight excluding hydrogens is 468 g/mol. The first kappa shape index (κ1) is 35.2. The Morgan fingerprint density at radius 3 is 1.31 bits per heavy atom. The molecule has 0 aliphatic rings. The highest BCUT2D eigenvalue weighted by Crippen LogP contribution is 2.09. The molecule has 0 heterocycles. The molecule has 0 saturated carbocycles. The van der Waals surface area contributed by atoms with E-state index < -0.39 is 0 Å². The molecule has 3 N–H and O–H groups in total. The van der Waals surface area contributed by atoms with Gasteiger partial charge in [-0.15, -0.1) is 0 Å². The Hall–Kier alpha value is -0.850. The first-order valence-electron chi connectivity index (χ1n) is 13.7. The van der Waals surface area contributed by atoms with Crippen LogP contribution in [0.3, 0.4) is 0 Å². The molecule has 0 bridgehead atoms. The zero-order chi connectivity index (χ0) is 26.2. The molecule has 0 atom stereocenters. The van der Waals surface area contributed by atoms with Crippen LogP contribution in [0.1, 0.15) is 57.8 Å². The molecule has 36 heavy (non-hydrogen) atoms. The molecule has 0 unspecified atom stereocenters. The van der Waals surface area contributed by atoms with Crippen LogP contribution in [0.2, 0.25) is 0 Å². The van der Waals surface area contributed by atoms with Crippen molar-refractivity contribution in [3.63, 3.8) is 0 Å². The molecule has 216 valence electrons. The third kappa shape index (κ3) is 31.2. The van der Waals surface area contributed by atoms with Crippen LogP contribution >= 0.6 is 0 Å². The van der Waals surface area contributed by atoms with Crippen molar-refractivity contribution in [1.29, 1.82) is 0 Å². The lowest BCUT2D eigenvalue weighted by molar-refractivity contribution is -0.121. The van der Waals surface area contributed by atoms with Crippen molar-refractivity contribution in [3.8, 4) is 0 Å². The monoisotopic (exact) mass is 522 g/mol. The largest absolute Gasteiger partial charge is 0.382 e.